The van der Waals surface area contributed by atoms with Gasteiger partial charge in [-0.1, -0.05) is 75.3 Å². The fraction of sp³-hybridized carbons (Fsp3) is 0.391. The number of benzene rings is 2. The summed E-state index contributed by atoms with van der Waals surface area (Å²) in [4.78, 5) is 44.2. The average Bonchev–Trinajstić information content (AvgIpc) is 2.86. The SMILES string of the molecule is O=C(O)c1cc(SSCCCCCCCCCSSc2ccc([N+](=O)[O-])c(C(=O)O)c2)ccc1[N+](=O)[O-]. The molecule has 2 aromatic rings. The van der Waals surface area contributed by atoms with E-state index in [4.69, 9.17) is 10.2 Å². The van der Waals surface area contributed by atoms with Crippen LogP contribution in [0.25, 0.3) is 0 Å². The Labute approximate surface area is 229 Å². The number of nitro benzene ring substituents is 2. The van der Waals surface area contributed by atoms with Gasteiger partial charge in [0, 0.05) is 33.4 Å². The lowest BCUT2D eigenvalue weighted by Crippen LogP contribution is -2.02. The molecular formula is C23H26N2O8S4. The lowest BCUT2D eigenvalue weighted by atomic mass is 10.1. The van der Waals surface area contributed by atoms with Crippen LogP contribution in [0.5, 0.6) is 0 Å². The summed E-state index contributed by atoms with van der Waals surface area (Å²) in [5.41, 5.74) is -1.41. The molecule has 0 saturated carbocycles. The first-order valence-electron chi connectivity index (χ1n) is 11.3. The molecule has 10 nitrogen and oxygen atoms in total. The van der Waals surface area contributed by atoms with Gasteiger partial charge in [0.1, 0.15) is 11.1 Å². The van der Waals surface area contributed by atoms with E-state index in [1.165, 1.54) is 45.9 Å². The Morgan fingerprint density at radius 3 is 1.32 bits per heavy atom. The molecule has 200 valence electrons. The Morgan fingerprint density at radius 1 is 0.649 bits per heavy atom. The van der Waals surface area contributed by atoms with E-state index in [0.29, 0.717) is 9.79 Å². The van der Waals surface area contributed by atoms with E-state index >= 15 is 0 Å². The molecule has 0 atom stereocenters. The van der Waals surface area contributed by atoms with Crippen molar-refractivity contribution >= 4 is 66.5 Å². The van der Waals surface area contributed by atoms with Gasteiger partial charge in [0.15, 0.2) is 0 Å². The Morgan fingerprint density at radius 2 is 1.00 bits per heavy atom. The van der Waals surface area contributed by atoms with Crippen LogP contribution >= 0.6 is 43.2 Å². The number of carbonyl (C=O) groups is 2. The molecule has 0 saturated heterocycles. The van der Waals surface area contributed by atoms with Crippen LogP contribution in [-0.4, -0.2) is 43.5 Å². The highest BCUT2D eigenvalue weighted by molar-refractivity contribution is 8.77. The zero-order chi connectivity index (χ0) is 27.2. The molecule has 0 aliphatic carbocycles. The number of carboxylic acids is 2. The molecule has 2 aromatic carbocycles. The Kier molecular flexibility index (Phi) is 13.7. The van der Waals surface area contributed by atoms with Crippen molar-refractivity contribution in [2.75, 3.05) is 11.5 Å². The van der Waals surface area contributed by atoms with Gasteiger partial charge < -0.3 is 10.2 Å². The summed E-state index contributed by atoms with van der Waals surface area (Å²) < 4.78 is 0. The molecular weight excluding hydrogens is 561 g/mol. The molecule has 37 heavy (non-hydrogen) atoms. The second kappa shape index (κ2) is 16.4. The zero-order valence-corrected chi connectivity index (χ0v) is 23.0. The van der Waals surface area contributed by atoms with Gasteiger partial charge in [0.2, 0.25) is 0 Å². The molecule has 0 spiro atoms. The first-order valence-corrected chi connectivity index (χ1v) is 16.0. The molecule has 2 N–H and O–H groups in total. The number of hydrogen-bond acceptors (Lipinski definition) is 10. The molecule has 0 bridgehead atoms. The molecule has 0 amide bonds. The number of nitro groups is 2. The molecule has 0 aliphatic heterocycles. The molecule has 14 heteroatoms. The first-order chi connectivity index (χ1) is 17.7. The van der Waals surface area contributed by atoms with E-state index in [1.807, 2.05) is 0 Å². The lowest BCUT2D eigenvalue weighted by Gasteiger charge is -2.05. The number of carboxylic acid groups (broad SMARTS) is 2. The number of nitrogens with zero attached hydrogens (tertiary/aromatic N) is 2. The predicted octanol–water partition coefficient (Wildman–Crippen LogP) is 7.81. The van der Waals surface area contributed by atoms with Gasteiger partial charge in [0.25, 0.3) is 11.4 Å². The van der Waals surface area contributed by atoms with Crippen LogP contribution in [0.4, 0.5) is 11.4 Å². The average molecular weight is 587 g/mol. The van der Waals surface area contributed by atoms with Crippen LogP contribution in [0.2, 0.25) is 0 Å². The van der Waals surface area contributed by atoms with Gasteiger partial charge in [-0.15, -0.1) is 0 Å². The quantitative estimate of drug-likeness (QED) is 0.0755. The third kappa shape index (κ3) is 10.8. The van der Waals surface area contributed by atoms with Crippen LogP contribution in [0.1, 0.15) is 65.7 Å². The maximum Gasteiger partial charge on any atom is 0.342 e. The number of hydrogen-bond donors (Lipinski definition) is 2. The smallest absolute Gasteiger partial charge is 0.342 e. The summed E-state index contributed by atoms with van der Waals surface area (Å²) in [7, 11) is 6.05. The number of aromatic carboxylic acids is 2. The second-order valence-corrected chi connectivity index (χ2v) is 12.7. The lowest BCUT2D eigenvalue weighted by molar-refractivity contribution is -0.385. The van der Waals surface area contributed by atoms with Crippen molar-refractivity contribution in [2.45, 2.75) is 54.7 Å². The minimum absolute atomic E-state index is 0.300. The van der Waals surface area contributed by atoms with Crippen LogP contribution in [0, 0.1) is 20.2 Å². The maximum absolute atomic E-state index is 11.2. The molecule has 0 radical (unpaired) electrons. The third-order valence-corrected chi connectivity index (χ3v) is 9.96. The van der Waals surface area contributed by atoms with E-state index < -0.39 is 33.2 Å². The molecule has 0 heterocycles. The Hall–Kier alpha value is -2.42. The molecule has 0 aliphatic rings. The van der Waals surface area contributed by atoms with Crippen molar-refractivity contribution in [3.63, 3.8) is 0 Å². The monoisotopic (exact) mass is 586 g/mol. The number of rotatable bonds is 18. The van der Waals surface area contributed by atoms with Crippen molar-refractivity contribution in [1.29, 1.82) is 0 Å². The summed E-state index contributed by atoms with van der Waals surface area (Å²) in [5, 5.41) is 40.1. The van der Waals surface area contributed by atoms with Crippen molar-refractivity contribution in [3.05, 3.63) is 67.8 Å². The highest BCUT2D eigenvalue weighted by Crippen LogP contribution is 2.35. The minimum Gasteiger partial charge on any atom is -0.477 e. The standard InChI is InChI=1S/C23H26N2O8S4/c26-22(27)18-14-16(8-10-20(18)24(30)31)36-34-12-6-4-2-1-3-5-7-13-35-37-17-9-11-21(25(32)33)19(15-17)23(28)29/h8-11,14-15H,1-7,12-13H2,(H,26,27)(H,28,29). The highest BCUT2D eigenvalue weighted by Gasteiger charge is 2.21. The summed E-state index contributed by atoms with van der Waals surface area (Å²) in [6.07, 6.45) is 7.69. The van der Waals surface area contributed by atoms with Crippen LogP contribution in [0.15, 0.2) is 46.2 Å². The van der Waals surface area contributed by atoms with Gasteiger partial charge in [0.05, 0.1) is 9.85 Å². The Balaban J connectivity index is 1.51. The fourth-order valence-corrected chi connectivity index (χ4v) is 7.53. The van der Waals surface area contributed by atoms with Gasteiger partial charge >= 0.3 is 11.9 Å². The molecule has 0 unspecified atom stereocenters. The maximum atomic E-state index is 11.2. The third-order valence-electron chi connectivity index (χ3n) is 5.06. The van der Waals surface area contributed by atoms with Crippen molar-refractivity contribution in [2.24, 2.45) is 0 Å². The first kappa shape index (κ1) is 30.8. The summed E-state index contributed by atoms with van der Waals surface area (Å²) in [6.45, 7) is 0. The fourth-order valence-electron chi connectivity index (χ4n) is 3.22. The van der Waals surface area contributed by atoms with Gasteiger partial charge in [-0.25, -0.2) is 9.59 Å². The molecule has 0 fully saturated rings. The van der Waals surface area contributed by atoms with Gasteiger partial charge in [-0.05, 0) is 37.1 Å². The van der Waals surface area contributed by atoms with Crippen LogP contribution in [-0.2, 0) is 0 Å². The molecule has 0 aromatic heterocycles. The van der Waals surface area contributed by atoms with E-state index in [0.717, 1.165) is 56.5 Å². The predicted molar refractivity (Wildman–Crippen MR) is 149 cm³/mol. The largest absolute Gasteiger partial charge is 0.477 e. The van der Waals surface area contributed by atoms with Crippen molar-refractivity contribution in [1.82, 2.24) is 0 Å². The normalized spacial score (nSPS) is 10.8. The van der Waals surface area contributed by atoms with Crippen LogP contribution < -0.4 is 0 Å². The van der Waals surface area contributed by atoms with Gasteiger partial charge in [-0.3, -0.25) is 20.2 Å². The summed E-state index contributed by atoms with van der Waals surface area (Å²) >= 11 is 0. The van der Waals surface area contributed by atoms with E-state index in [-0.39, 0.29) is 11.1 Å². The van der Waals surface area contributed by atoms with Crippen LogP contribution in [0.3, 0.4) is 0 Å². The molecule has 2 rings (SSSR count). The minimum atomic E-state index is -1.31. The van der Waals surface area contributed by atoms with E-state index in [1.54, 1.807) is 33.7 Å². The summed E-state index contributed by atoms with van der Waals surface area (Å²) in [5.74, 6) is -0.806. The summed E-state index contributed by atoms with van der Waals surface area (Å²) in [6, 6.07) is 8.28. The highest BCUT2D eigenvalue weighted by atomic mass is 33.1. The Bertz CT molecular complexity index is 1030. The topological polar surface area (TPSA) is 161 Å². The second-order valence-electron chi connectivity index (χ2n) is 7.77. The van der Waals surface area contributed by atoms with Crippen molar-refractivity contribution in [3.8, 4) is 0 Å². The van der Waals surface area contributed by atoms with E-state index in [2.05, 4.69) is 0 Å². The zero-order valence-electron chi connectivity index (χ0n) is 19.7. The van der Waals surface area contributed by atoms with Gasteiger partial charge in [-0.2, -0.15) is 0 Å². The van der Waals surface area contributed by atoms with Crippen molar-refractivity contribution < 1.29 is 29.6 Å². The van der Waals surface area contributed by atoms with E-state index in [9.17, 15) is 29.8 Å². The number of unbranched alkanes of at least 4 members (excludes halogenated alkanes) is 6.